The molecule has 0 unspecified atom stereocenters. The number of nitrogens with one attached hydrogen (secondary N) is 1. The van der Waals surface area contributed by atoms with Gasteiger partial charge in [0.15, 0.2) is 0 Å². The van der Waals surface area contributed by atoms with Gasteiger partial charge in [-0.15, -0.1) is 0 Å². The van der Waals surface area contributed by atoms with Gasteiger partial charge in [-0.25, -0.2) is 0 Å². The van der Waals surface area contributed by atoms with Crippen molar-refractivity contribution in [3.8, 4) is 11.3 Å². The fourth-order valence-electron chi connectivity index (χ4n) is 3.40. The Labute approximate surface area is 185 Å². The first-order valence-electron chi connectivity index (χ1n) is 10.0. The summed E-state index contributed by atoms with van der Waals surface area (Å²) in [7, 11) is 0. The maximum absolute atomic E-state index is 12.5. The molecule has 2 aromatic heterocycles. The first-order valence-corrected chi connectivity index (χ1v) is 10.4. The summed E-state index contributed by atoms with van der Waals surface area (Å²) in [6.45, 7) is 5.63. The highest BCUT2D eigenvalue weighted by Crippen LogP contribution is 2.32. The number of benzene rings is 2. The van der Waals surface area contributed by atoms with Gasteiger partial charge in [-0.2, -0.15) is 5.10 Å². The van der Waals surface area contributed by atoms with E-state index < -0.39 is 5.54 Å². The van der Waals surface area contributed by atoms with Gasteiger partial charge in [0.2, 0.25) is 0 Å². The highest BCUT2D eigenvalue weighted by Gasteiger charge is 2.22. The van der Waals surface area contributed by atoms with E-state index in [0.717, 1.165) is 33.6 Å². The lowest BCUT2D eigenvalue weighted by Crippen LogP contribution is -2.46. The van der Waals surface area contributed by atoms with Crippen LogP contribution >= 0.6 is 11.6 Å². The number of aryl methyl sites for hydroxylation is 1. The van der Waals surface area contributed by atoms with Crippen LogP contribution < -0.4 is 5.32 Å². The first kappa shape index (κ1) is 21.2. The summed E-state index contributed by atoms with van der Waals surface area (Å²) < 4.78 is 7.93. The normalized spacial score (nSPS) is 11.8. The molecule has 0 saturated carbocycles. The van der Waals surface area contributed by atoms with Crippen LogP contribution in [0.4, 0.5) is 0 Å². The Morgan fingerprint density at radius 2 is 1.94 bits per heavy atom. The van der Waals surface area contributed by atoms with E-state index in [4.69, 9.17) is 16.0 Å². The van der Waals surface area contributed by atoms with Crippen LogP contribution in [0.1, 0.15) is 35.6 Å². The number of fused-ring (bicyclic) bond motifs is 1. The smallest absolute Gasteiger partial charge is 0.272 e. The third kappa shape index (κ3) is 4.50. The van der Waals surface area contributed by atoms with Crippen LogP contribution in [0.2, 0.25) is 5.02 Å². The van der Waals surface area contributed by atoms with Crippen molar-refractivity contribution >= 4 is 28.5 Å². The molecule has 160 valence electrons. The van der Waals surface area contributed by atoms with Gasteiger partial charge in [-0.1, -0.05) is 41.9 Å². The molecule has 7 heteroatoms. The summed E-state index contributed by atoms with van der Waals surface area (Å²) in [6, 6.07) is 17.3. The van der Waals surface area contributed by atoms with Crippen molar-refractivity contribution in [2.45, 2.75) is 32.9 Å². The number of furan rings is 1. The van der Waals surface area contributed by atoms with Crippen LogP contribution in [0, 0.1) is 6.92 Å². The third-order valence-corrected chi connectivity index (χ3v) is 5.32. The van der Waals surface area contributed by atoms with Crippen molar-refractivity contribution < 1.29 is 14.3 Å². The number of nitrogens with zero attached hydrogens (tertiary/aromatic N) is 2. The molecule has 4 aromatic rings. The molecule has 0 aliphatic rings. The second kappa shape index (κ2) is 8.21. The van der Waals surface area contributed by atoms with Gasteiger partial charge < -0.3 is 14.8 Å². The standard InChI is InChI=1S/C24H24ClN3O3/c1-15-9-20(23(30)26-24(2,3)14-29)27-28(15)13-18-11-19(25)10-17-12-21(31-22(17)18)16-7-5-4-6-8-16/h4-12,29H,13-14H2,1-3H3,(H,26,30). The lowest BCUT2D eigenvalue weighted by Gasteiger charge is -2.22. The van der Waals surface area contributed by atoms with E-state index in [2.05, 4.69) is 10.4 Å². The average Bonchev–Trinajstić information content (AvgIpc) is 3.32. The number of hydrogen-bond acceptors (Lipinski definition) is 4. The van der Waals surface area contributed by atoms with Crippen molar-refractivity contribution in [3.63, 3.8) is 0 Å². The molecule has 0 aliphatic carbocycles. The van der Waals surface area contributed by atoms with Gasteiger partial charge in [-0.05, 0) is 45.0 Å². The van der Waals surface area contributed by atoms with E-state index in [9.17, 15) is 9.90 Å². The van der Waals surface area contributed by atoms with Gasteiger partial charge in [0, 0.05) is 27.2 Å². The molecule has 31 heavy (non-hydrogen) atoms. The molecule has 2 N–H and O–H groups in total. The molecular formula is C24H24ClN3O3. The van der Waals surface area contributed by atoms with Crippen molar-refractivity contribution in [2.24, 2.45) is 0 Å². The quantitative estimate of drug-likeness (QED) is 0.453. The largest absolute Gasteiger partial charge is 0.456 e. The molecular weight excluding hydrogens is 414 g/mol. The lowest BCUT2D eigenvalue weighted by molar-refractivity contribution is 0.0863. The maximum atomic E-state index is 12.5. The molecule has 2 aromatic carbocycles. The Bertz CT molecular complexity index is 1240. The minimum absolute atomic E-state index is 0.166. The number of amides is 1. The van der Waals surface area contributed by atoms with E-state index in [1.807, 2.05) is 55.5 Å². The Morgan fingerprint density at radius 1 is 1.19 bits per heavy atom. The zero-order valence-electron chi connectivity index (χ0n) is 17.6. The van der Waals surface area contributed by atoms with Gasteiger partial charge in [0.05, 0.1) is 18.7 Å². The van der Waals surface area contributed by atoms with Gasteiger partial charge in [0.25, 0.3) is 5.91 Å². The van der Waals surface area contributed by atoms with Crippen LogP contribution in [0.15, 0.2) is 59.0 Å². The number of aliphatic hydroxyl groups is 1. The minimum atomic E-state index is -0.726. The highest BCUT2D eigenvalue weighted by molar-refractivity contribution is 6.31. The summed E-state index contributed by atoms with van der Waals surface area (Å²) in [6.07, 6.45) is 0. The third-order valence-electron chi connectivity index (χ3n) is 5.10. The summed E-state index contributed by atoms with van der Waals surface area (Å²) >= 11 is 6.37. The van der Waals surface area contributed by atoms with E-state index in [1.54, 1.807) is 24.6 Å². The Morgan fingerprint density at radius 3 is 2.65 bits per heavy atom. The van der Waals surface area contributed by atoms with Crippen LogP contribution in [0.5, 0.6) is 0 Å². The predicted molar refractivity (Wildman–Crippen MR) is 121 cm³/mol. The number of carbonyl (C=O) groups is 1. The summed E-state index contributed by atoms with van der Waals surface area (Å²) in [4.78, 5) is 12.5. The molecule has 2 heterocycles. The second-order valence-electron chi connectivity index (χ2n) is 8.28. The van der Waals surface area contributed by atoms with E-state index in [1.165, 1.54) is 0 Å². The number of aliphatic hydroxyl groups excluding tert-OH is 1. The lowest BCUT2D eigenvalue weighted by atomic mass is 10.1. The number of carbonyl (C=O) groups excluding carboxylic acids is 1. The summed E-state index contributed by atoms with van der Waals surface area (Å²) in [5.41, 5.74) is 3.00. The van der Waals surface area contributed by atoms with Gasteiger partial charge in [0.1, 0.15) is 17.0 Å². The molecule has 0 saturated heterocycles. The molecule has 0 bridgehead atoms. The summed E-state index contributed by atoms with van der Waals surface area (Å²) in [5.74, 6) is 0.434. The second-order valence-corrected chi connectivity index (χ2v) is 8.72. The molecule has 6 nitrogen and oxygen atoms in total. The Balaban J connectivity index is 1.67. The van der Waals surface area contributed by atoms with Crippen molar-refractivity contribution in [1.82, 2.24) is 15.1 Å². The van der Waals surface area contributed by atoms with Crippen molar-refractivity contribution in [1.29, 1.82) is 0 Å². The van der Waals surface area contributed by atoms with Gasteiger partial charge in [-0.3, -0.25) is 9.48 Å². The molecule has 0 atom stereocenters. The molecule has 4 rings (SSSR count). The maximum Gasteiger partial charge on any atom is 0.272 e. The molecule has 0 radical (unpaired) electrons. The fraction of sp³-hybridized carbons (Fsp3) is 0.250. The zero-order chi connectivity index (χ0) is 22.2. The zero-order valence-corrected chi connectivity index (χ0v) is 18.4. The topological polar surface area (TPSA) is 80.3 Å². The van der Waals surface area contributed by atoms with Crippen molar-refractivity contribution in [3.05, 3.63) is 76.6 Å². The monoisotopic (exact) mass is 437 g/mol. The molecule has 0 spiro atoms. The van der Waals surface area contributed by atoms with Crippen molar-refractivity contribution in [2.75, 3.05) is 6.61 Å². The fourth-order valence-corrected chi connectivity index (χ4v) is 3.65. The Hall–Kier alpha value is -3.09. The number of halogens is 1. The minimum Gasteiger partial charge on any atom is -0.456 e. The predicted octanol–water partition coefficient (Wildman–Crippen LogP) is 4.81. The van der Waals surface area contributed by atoms with Crippen LogP contribution in [-0.2, 0) is 6.54 Å². The Kier molecular flexibility index (Phi) is 5.60. The van der Waals surface area contributed by atoms with Crippen LogP contribution in [0.3, 0.4) is 0 Å². The van der Waals surface area contributed by atoms with Gasteiger partial charge >= 0.3 is 0 Å². The number of hydrogen-bond donors (Lipinski definition) is 2. The summed E-state index contributed by atoms with van der Waals surface area (Å²) in [5, 5.41) is 18.2. The number of aromatic nitrogens is 2. The van der Waals surface area contributed by atoms with E-state index >= 15 is 0 Å². The van der Waals surface area contributed by atoms with Crippen LogP contribution in [-0.4, -0.2) is 32.9 Å². The molecule has 1 amide bonds. The molecule has 0 fully saturated rings. The first-order chi connectivity index (χ1) is 14.8. The average molecular weight is 438 g/mol. The van der Waals surface area contributed by atoms with E-state index in [-0.39, 0.29) is 12.5 Å². The van der Waals surface area contributed by atoms with E-state index in [0.29, 0.717) is 17.3 Å². The highest BCUT2D eigenvalue weighted by atomic mass is 35.5. The molecule has 0 aliphatic heterocycles. The van der Waals surface area contributed by atoms with Crippen LogP contribution in [0.25, 0.3) is 22.3 Å². The SMILES string of the molecule is Cc1cc(C(=O)NC(C)(C)CO)nn1Cc1cc(Cl)cc2cc(-c3ccccc3)oc12. The number of rotatable bonds is 6.